The maximum absolute atomic E-state index is 13.9. The molecule has 2 aromatic carbocycles. The highest BCUT2D eigenvalue weighted by Gasteiger charge is 2.49. The first kappa shape index (κ1) is 24.6. The Hall–Kier alpha value is -3.06. The maximum Gasteiger partial charge on any atom is 0.244 e. The fourth-order valence-electron chi connectivity index (χ4n) is 3.53. The van der Waals surface area contributed by atoms with E-state index in [-0.39, 0.29) is 54.6 Å². The van der Waals surface area contributed by atoms with E-state index < -0.39 is 34.0 Å². The minimum absolute atomic E-state index is 0.0342. The summed E-state index contributed by atoms with van der Waals surface area (Å²) < 4.78 is 47.0. The molecule has 2 aromatic rings. The number of nitriles is 2. The van der Waals surface area contributed by atoms with Gasteiger partial charge in [-0.1, -0.05) is 12.1 Å². The Morgan fingerprint density at radius 1 is 1.18 bits per heavy atom. The fraction of sp³-hybridized carbons (Fsp3) is 0.364. The van der Waals surface area contributed by atoms with Gasteiger partial charge in [-0.3, -0.25) is 0 Å². The molecule has 0 aliphatic carbocycles. The van der Waals surface area contributed by atoms with Crippen LogP contribution >= 0.6 is 0 Å². The number of halogens is 1. The van der Waals surface area contributed by atoms with Crippen molar-refractivity contribution < 1.29 is 27.8 Å². The van der Waals surface area contributed by atoms with E-state index in [0.717, 1.165) is 6.07 Å². The number of aliphatic hydroxyl groups excluding tert-OH is 2. The lowest BCUT2D eigenvalue weighted by atomic mass is 9.82. The number of benzene rings is 2. The second kappa shape index (κ2) is 10.3. The largest absolute Gasteiger partial charge is 0.493 e. The van der Waals surface area contributed by atoms with E-state index in [4.69, 9.17) is 15.1 Å². The molecule has 1 saturated heterocycles. The Labute approximate surface area is 191 Å². The van der Waals surface area contributed by atoms with Crippen LogP contribution in [0.1, 0.15) is 11.1 Å². The van der Waals surface area contributed by atoms with Crippen molar-refractivity contribution in [1.82, 2.24) is 9.62 Å². The molecule has 0 amide bonds. The number of nitrogens with one attached hydrogen (secondary N) is 1. The van der Waals surface area contributed by atoms with Gasteiger partial charge in [-0.15, -0.1) is 0 Å². The van der Waals surface area contributed by atoms with Crippen LogP contribution in [-0.4, -0.2) is 68.4 Å². The topological polar surface area (TPSA) is 147 Å². The summed E-state index contributed by atoms with van der Waals surface area (Å²) in [6.07, 6.45) is -0.974. The first-order chi connectivity index (χ1) is 15.7. The predicted molar refractivity (Wildman–Crippen MR) is 115 cm³/mol. The molecule has 1 aliphatic rings. The number of hydrogen-bond acceptors (Lipinski definition) is 8. The Morgan fingerprint density at radius 2 is 1.88 bits per heavy atom. The van der Waals surface area contributed by atoms with Crippen molar-refractivity contribution in [3.63, 3.8) is 0 Å². The van der Waals surface area contributed by atoms with Crippen LogP contribution in [0.3, 0.4) is 0 Å². The van der Waals surface area contributed by atoms with Gasteiger partial charge in [0.05, 0.1) is 35.3 Å². The lowest BCUT2D eigenvalue weighted by Crippen LogP contribution is -2.64. The average Bonchev–Trinajstić information content (AvgIpc) is 2.79. The van der Waals surface area contributed by atoms with Crippen LogP contribution in [0.5, 0.6) is 5.75 Å². The molecule has 0 saturated carbocycles. The van der Waals surface area contributed by atoms with Gasteiger partial charge in [-0.2, -0.15) is 14.8 Å². The van der Waals surface area contributed by atoms with E-state index in [1.54, 1.807) is 18.2 Å². The summed E-state index contributed by atoms with van der Waals surface area (Å²) in [7, 11) is -3.92. The molecule has 33 heavy (non-hydrogen) atoms. The smallest absolute Gasteiger partial charge is 0.244 e. The number of sulfonamides is 1. The highest BCUT2D eigenvalue weighted by molar-refractivity contribution is 7.89. The monoisotopic (exact) mass is 474 g/mol. The molecule has 1 aliphatic heterocycles. The van der Waals surface area contributed by atoms with E-state index in [0.29, 0.717) is 0 Å². The molecule has 9 nitrogen and oxygen atoms in total. The maximum atomic E-state index is 13.9. The van der Waals surface area contributed by atoms with Gasteiger partial charge in [0.2, 0.25) is 10.0 Å². The van der Waals surface area contributed by atoms with E-state index >= 15 is 0 Å². The Morgan fingerprint density at radius 3 is 2.52 bits per heavy atom. The van der Waals surface area contributed by atoms with Crippen LogP contribution in [0, 0.1) is 33.9 Å². The zero-order chi connectivity index (χ0) is 24.1. The molecular formula is C22H23FN4O5S. The zero-order valence-electron chi connectivity index (χ0n) is 17.6. The molecule has 0 radical (unpaired) electrons. The Kier molecular flexibility index (Phi) is 7.64. The third kappa shape index (κ3) is 5.47. The minimum Gasteiger partial charge on any atom is -0.493 e. The number of aliphatic hydroxyl groups is 2. The number of hydrogen-bond donors (Lipinski definition) is 3. The van der Waals surface area contributed by atoms with Crippen LogP contribution < -0.4 is 10.1 Å². The number of ether oxygens (including phenoxy) is 1. The lowest BCUT2D eigenvalue weighted by Gasteiger charge is -2.49. The third-order valence-electron chi connectivity index (χ3n) is 5.35. The molecule has 3 rings (SSSR count). The van der Waals surface area contributed by atoms with Gasteiger partial charge in [0, 0.05) is 37.7 Å². The molecule has 3 N–H and O–H groups in total. The summed E-state index contributed by atoms with van der Waals surface area (Å²) >= 11 is 0. The van der Waals surface area contributed by atoms with Crippen molar-refractivity contribution >= 4 is 10.0 Å². The molecule has 0 spiro atoms. The van der Waals surface area contributed by atoms with Crippen molar-refractivity contribution in [3.05, 3.63) is 59.4 Å². The molecule has 11 heteroatoms. The van der Waals surface area contributed by atoms with Crippen LogP contribution in [0.4, 0.5) is 4.39 Å². The second-order valence-electron chi connectivity index (χ2n) is 7.89. The van der Waals surface area contributed by atoms with Gasteiger partial charge < -0.3 is 20.3 Å². The second-order valence-corrected chi connectivity index (χ2v) is 9.80. The lowest BCUT2D eigenvalue weighted by molar-refractivity contribution is 0.0146. The van der Waals surface area contributed by atoms with E-state index in [1.807, 2.05) is 6.07 Å². The van der Waals surface area contributed by atoms with Crippen LogP contribution in [0.25, 0.3) is 0 Å². The molecular weight excluding hydrogens is 451 g/mol. The summed E-state index contributed by atoms with van der Waals surface area (Å²) in [4.78, 5) is -0.0835. The number of rotatable bonds is 10. The third-order valence-corrected chi connectivity index (χ3v) is 7.20. The van der Waals surface area contributed by atoms with Gasteiger partial charge in [-0.05, 0) is 24.3 Å². The molecule has 0 aromatic heterocycles. The standard InChI is InChI=1S/C22H23FN4O5S/c23-20-7-19(6-5-16(20)8-24)32-15-22(12-26-10-18(29)11-28)13-27(14-22)33(30,31)21-4-2-1-3-17(21)9-25/h1-7,18,26,28-29H,10-15H2/t18-/m1/s1. The highest BCUT2D eigenvalue weighted by atomic mass is 32.2. The van der Waals surface area contributed by atoms with Gasteiger partial charge in [0.25, 0.3) is 0 Å². The minimum atomic E-state index is -3.92. The van der Waals surface area contributed by atoms with Crippen LogP contribution in [-0.2, 0) is 10.0 Å². The van der Waals surface area contributed by atoms with Gasteiger partial charge in [-0.25, -0.2) is 12.8 Å². The summed E-state index contributed by atoms with van der Waals surface area (Å²) in [5, 5.41) is 39.7. The first-order valence-electron chi connectivity index (χ1n) is 10.1. The molecule has 174 valence electrons. The molecule has 1 heterocycles. The zero-order valence-corrected chi connectivity index (χ0v) is 18.4. The van der Waals surface area contributed by atoms with Gasteiger partial charge in [0.15, 0.2) is 0 Å². The molecule has 0 unspecified atom stereocenters. The van der Waals surface area contributed by atoms with Gasteiger partial charge >= 0.3 is 0 Å². The van der Waals surface area contributed by atoms with E-state index in [1.165, 1.54) is 28.6 Å². The van der Waals surface area contributed by atoms with Crippen molar-refractivity contribution in [3.8, 4) is 17.9 Å². The van der Waals surface area contributed by atoms with Crippen molar-refractivity contribution in [2.75, 3.05) is 39.4 Å². The van der Waals surface area contributed by atoms with Gasteiger partial charge in [0.1, 0.15) is 23.7 Å². The average molecular weight is 475 g/mol. The summed E-state index contributed by atoms with van der Waals surface area (Å²) in [5.41, 5.74) is -0.772. The van der Waals surface area contributed by atoms with E-state index in [2.05, 4.69) is 5.32 Å². The molecule has 1 fully saturated rings. The van der Waals surface area contributed by atoms with E-state index in [9.17, 15) is 23.2 Å². The molecule has 1 atom stereocenters. The fourth-order valence-corrected chi connectivity index (χ4v) is 5.34. The summed E-state index contributed by atoms with van der Waals surface area (Å²) in [6, 6.07) is 13.4. The highest BCUT2D eigenvalue weighted by Crippen LogP contribution is 2.36. The summed E-state index contributed by atoms with van der Waals surface area (Å²) in [5.74, 6) is -0.531. The van der Waals surface area contributed by atoms with Crippen molar-refractivity contribution in [2.45, 2.75) is 11.0 Å². The predicted octanol–water partition coefficient (Wildman–Crippen LogP) is 0.582. The number of nitrogens with zero attached hydrogens (tertiary/aromatic N) is 3. The summed E-state index contributed by atoms with van der Waals surface area (Å²) in [6.45, 7) is 0.0909. The Balaban J connectivity index is 1.75. The SMILES string of the molecule is N#Cc1ccc(OCC2(CNC[C@@H](O)CO)CN(S(=O)(=O)c3ccccc3C#N)C2)cc1F. The first-order valence-corrected chi connectivity index (χ1v) is 11.5. The quantitative estimate of drug-likeness (QED) is 0.453. The van der Waals surface area contributed by atoms with Crippen LogP contribution in [0.15, 0.2) is 47.4 Å². The van der Waals surface area contributed by atoms with Crippen LogP contribution in [0.2, 0.25) is 0 Å². The van der Waals surface area contributed by atoms with Crippen molar-refractivity contribution in [2.24, 2.45) is 5.41 Å². The normalized spacial score (nSPS) is 16.3. The Bertz CT molecular complexity index is 1190. The van der Waals surface area contributed by atoms with Crippen molar-refractivity contribution in [1.29, 1.82) is 10.5 Å². The molecule has 0 bridgehead atoms.